The Labute approximate surface area is 209 Å². The van der Waals surface area contributed by atoms with Crippen molar-refractivity contribution in [2.24, 2.45) is 5.92 Å². The molecule has 7 nitrogen and oxygen atoms in total. The first-order chi connectivity index (χ1) is 17.6. The summed E-state index contributed by atoms with van der Waals surface area (Å²) in [6.45, 7) is 0. The van der Waals surface area contributed by atoms with Gasteiger partial charge in [-0.05, 0) is 54.7 Å². The summed E-state index contributed by atoms with van der Waals surface area (Å²) >= 11 is 0. The maximum absolute atomic E-state index is 13.9. The largest absolute Gasteiger partial charge is 0.493 e. The highest BCUT2D eigenvalue weighted by Crippen LogP contribution is 2.38. The number of para-hydroxylation sites is 1. The molecule has 1 fully saturated rings. The summed E-state index contributed by atoms with van der Waals surface area (Å²) in [5.74, 6) is 1.04. The van der Waals surface area contributed by atoms with E-state index in [2.05, 4.69) is 5.43 Å². The Morgan fingerprint density at radius 2 is 1.64 bits per heavy atom. The summed E-state index contributed by atoms with van der Waals surface area (Å²) in [5, 5.41) is 0.430. The fourth-order valence-corrected chi connectivity index (χ4v) is 5.17. The maximum Gasteiger partial charge on any atom is 0.280 e. The lowest BCUT2D eigenvalue weighted by molar-refractivity contribution is -0.119. The van der Waals surface area contributed by atoms with E-state index in [9.17, 15) is 9.59 Å². The molecule has 3 aromatic carbocycles. The number of methoxy groups -OCH3 is 2. The van der Waals surface area contributed by atoms with Gasteiger partial charge in [-0.1, -0.05) is 55.3 Å². The topological polar surface area (TPSA) is 82.5 Å². The van der Waals surface area contributed by atoms with Crippen LogP contribution in [-0.4, -0.2) is 29.8 Å². The van der Waals surface area contributed by atoms with Crippen molar-refractivity contribution in [2.45, 2.75) is 31.6 Å². The van der Waals surface area contributed by atoms with Gasteiger partial charge in [-0.2, -0.15) is 4.68 Å². The molecule has 1 saturated carbocycles. The Morgan fingerprint density at radius 1 is 0.944 bits per heavy atom. The Morgan fingerprint density at radius 3 is 2.36 bits per heavy atom. The number of carbonyl (C=O) groups is 1. The van der Waals surface area contributed by atoms with Crippen LogP contribution in [0.3, 0.4) is 0 Å². The van der Waals surface area contributed by atoms with Crippen LogP contribution in [0.5, 0.6) is 11.5 Å². The van der Waals surface area contributed by atoms with Crippen molar-refractivity contribution in [3.8, 4) is 22.9 Å². The lowest BCUT2D eigenvalue weighted by Crippen LogP contribution is -2.39. The second-order valence-electron chi connectivity index (χ2n) is 9.07. The van der Waals surface area contributed by atoms with Gasteiger partial charge in [-0.3, -0.25) is 15.0 Å². The van der Waals surface area contributed by atoms with Crippen LogP contribution in [0.25, 0.3) is 22.3 Å². The molecule has 0 aliphatic heterocycles. The third kappa shape index (κ3) is 4.44. The number of rotatable bonds is 7. The van der Waals surface area contributed by atoms with Gasteiger partial charge in [0.25, 0.3) is 5.56 Å². The number of carbonyl (C=O) groups excluding carboxylic acids is 1. The minimum atomic E-state index is -0.356. The molecule has 0 bridgehead atoms. The molecule has 184 valence electrons. The highest BCUT2D eigenvalue weighted by atomic mass is 16.5. The molecule has 0 spiro atoms. The molecule has 1 aromatic heterocycles. The van der Waals surface area contributed by atoms with Gasteiger partial charge >= 0.3 is 0 Å². The van der Waals surface area contributed by atoms with E-state index in [1.165, 1.54) is 4.68 Å². The molecule has 0 unspecified atom stereocenters. The van der Waals surface area contributed by atoms with E-state index in [-0.39, 0.29) is 23.3 Å². The smallest absolute Gasteiger partial charge is 0.280 e. The molecule has 0 radical (unpaired) electrons. The van der Waals surface area contributed by atoms with Crippen molar-refractivity contribution >= 4 is 16.8 Å². The Balaban J connectivity index is 1.63. The van der Waals surface area contributed by atoms with Gasteiger partial charge in [-0.15, -0.1) is 0 Å². The Bertz CT molecular complexity index is 1440. The third-order valence-corrected chi connectivity index (χ3v) is 6.95. The van der Waals surface area contributed by atoms with E-state index in [4.69, 9.17) is 14.5 Å². The van der Waals surface area contributed by atoms with E-state index < -0.39 is 0 Å². The predicted molar refractivity (Wildman–Crippen MR) is 140 cm³/mol. The zero-order chi connectivity index (χ0) is 25.1. The highest BCUT2D eigenvalue weighted by Gasteiger charge is 2.33. The Hall–Kier alpha value is -4.13. The van der Waals surface area contributed by atoms with Gasteiger partial charge in [0.2, 0.25) is 5.91 Å². The lowest BCUT2D eigenvalue weighted by Gasteiger charge is -2.24. The second-order valence-corrected chi connectivity index (χ2v) is 9.07. The number of nitrogens with one attached hydrogen (secondary N) is 1. The summed E-state index contributed by atoms with van der Waals surface area (Å²) in [5.41, 5.74) is 4.73. The quantitative estimate of drug-likeness (QED) is 0.394. The summed E-state index contributed by atoms with van der Waals surface area (Å²) in [6, 6.07) is 22.3. The molecule has 5 rings (SSSR count). The minimum absolute atomic E-state index is 0.214. The highest BCUT2D eigenvalue weighted by molar-refractivity contribution is 5.91. The summed E-state index contributed by atoms with van der Waals surface area (Å²) in [4.78, 5) is 32.3. The fraction of sp³-hybridized carbons (Fsp3) is 0.276. The Kier molecular flexibility index (Phi) is 6.71. The fourth-order valence-electron chi connectivity index (χ4n) is 5.17. The molecule has 1 N–H and O–H groups in total. The minimum Gasteiger partial charge on any atom is -0.493 e. The van der Waals surface area contributed by atoms with E-state index in [0.717, 1.165) is 31.2 Å². The van der Waals surface area contributed by atoms with Crippen LogP contribution in [-0.2, 0) is 4.79 Å². The average Bonchev–Trinajstić information content (AvgIpc) is 3.45. The van der Waals surface area contributed by atoms with E-state index in [0.29, 0.717) is 33.8 Å². The molecular weight excluding hydrogens is 454 g/mol. The number of hydrogen-bond acceptors (Lipinski definition) is 5. The first kappa shape index (κ1) is 23.6. The zero-order valence-corrected chi connectivity index (χ0v) is 20.4. The van der Waals surface area contributed by atoms with Crippen molar-refractivity contribution in [3.63, 3.8) is 0 Å². The molecule has 4 aromatic rings. The van der Waals surface area contributed by atoms with Gasteiger partial charge < -0.3 is 9.47 Å². The van der Waals surface area contributed by atoms with Crippen LogP contribution >= 0.6 is 0 Å². The van der Waals surface area contributed by atoms with Gasteiger partial charge in [0, 0.05) is 5.56 Å². The van der Waals surface area contributed by atoms with E-state index in [1.807, 2.05) is 36.4 Å². The van der Waals surface area contributed by atoms with Crippen LogP contribution in [0.15, 0.2) is 77.6 Å². The summed E-state index contributed by atoms with van der Waals surface area (Å²) in [6.07, 6.45) is 4.19. The normalized spacial score (nSPS) is 14.5. The van der Waals surface area contributed by atoms with Crippen LogP contribution in [0, 0.1) is 5.92 Å². The number of amides is 1. The number of benzene rings is 3. The standard InChI is InChI=1S/C29H29N3O4/c1-35-24-17-16-21(18-25(24)36-2)27-30-23-15-9-8-14-22(23)29(34)32(27)31-28(33)26(20-12-6-7-13-20)19-10-4-3-5-11-19/h3-5,8-11,14-18,20,26H,6-7,12-13H2,1-2H3,(H,31,33)/t26-/m1/s1. The molecular formula is C29H29N3O4. The van der Waals surface area contributed by atoms with Crippen molar-refractivity contribution in [1.29, 1.82) is 0 Å². The summed E-state index contributed by atoms with van der Waals surface area (Å²) < 4.78 is 12.1. The van der Waals surface area contributed by atoms with Crippen LogP contribution in [0.2, 0.25) is 0 Å². The molecule has 1 aliphatic carbocycles. The van der Waals surface area contributed by atoms with Gasteiger partial charge in [0.1, 0.15) is 0 Å². The first-order valence-electron chi connectivity index (χ1n) is 12.2. The maximum atomic E-state index is 13.9. The SMILES string of the molecule is COc1ccc(-c2nc3ccccc3c(=O)n2NC(=O)[C@H](c2ccccc2)C2CCCC2)cc1OC. The lowest BCUT2D eigenvalue weighted by atomic mass is 9.84. The number of hydrogen-bond donors (Lipinski definition) is 1. The van der Waals surface area contributed by atoms with Gasteiger partial charge in [0.15, 0.2) is 17.3 Å². The van der Waals surface area contributed by atoms with Gasteiger partial charge in [-0.25, -0.2) is 4.98 Å². The van der Waals surface area contributed by atoms with Crippen molar-refractivity contribution < 1.29 is 14.3 Å². The number of aromatic nitrogens is 2. The van der Waals surface area contributed by atoms with Crippen molar-refractivity contribution in [3.05, 3.63) is 88.7 Å². The van der Waals surface area contributed by atoms with Crippen molar-refractivity contribution in [2.75, 3.05) is 19.6 Å². The average molecular weight is 484 g/mol. The number of nitrogens with zero attached hydrogens (tertiary/aromatic N) is 2. The first-order valence-corrected chi connectivity index (χ1v) is 12.2. The zero-order valence-electron chi connectivity index (χ0n) is 20.4. The molecule has 1 atom stereocenters. The molecule has 1 aliphatic rings. The van der Waals surface area contributed by atoms with Crippen LogP contribution in [0.1, 0.15) is 37.2 Å². The molecule has 7 heteroatoms. The molecule has 1 amide bonds. The second kappa shape index (κ2) is 10.2. The number of ether oxygens (including phenoxy) is 2. The van der Waals surface area contributed by atoms with E-state index >= 15 is 0 Å². The van der Waals surface area contributed by atoms with E-state index in [1.54, 1.807) is 50.6 Å². The molecule has 1 heterocycles. The van der Waals surface area contributed by atoms with Crippen molar-refractivity contribution in [1.82, 2.24) is 9.66 Å². The predicted octanol–water partition coefficient (Wildman–Crippen LogP) is 5.12. The third-order valence-electron chi connectivity index (χ3n) is 6.95. The summed E-state index contributed by atoms with van der Waals surface area (Å²) in [7, 11) is 3.12. The molecule has 36 heavy (non-hydrogen) atoms. The monoisotopic (exact) mass is 483 g/mol. The number of fused-ring (bicyclic) bond motifs is 1. The van der Waals surface area contributed by atoms with Crippen LogP contribution in [0.4, 0.5) is 0 Å². The van der Waals surface area contributed by atoms with Crippen LogP contribution < -0.4 is 20.5 Å². The van der Waals surface area contributed by atoms with Gasteiger partial charge in [0.05, 0.1) is 31.0 Å². The molecule has 0 saturated heterocycles.